The average Bonchev–Trinajstić information content (AvgIpc) is 3.04. The molecule has 0 saturated carbocycles. The van der Waals surface area contributed by atoms with E-state index in [2.05, 4.69) is 20.4 Å². The van der Waals surface area contributed by atoms with Crippen LogP contribution in [0.5, 0.6) is 0 Å². The molecule has 0 spiro atoms. The van der Waals surface area contributed by atoms with Crippen LogP contribution in [0.25, 0.3) is 0 Å². The Hall–Kier alpha value is -2.48. The third kappa shape index (κ3) is 4.54. The molecule has 3 heterocycles. The first-order valence-corrected chi connectivity index (χ1v) is 8.53. The summed E-state index contributed by atoms with van der Waals surface area (Å²) < 4.78 is 1.76. The average molecular weight is 344 g/mol. The molecule has 0 unspecified atom stereocenters. The second-order valence-electron chi connectivity index (χ2n) is 6.54. The number of nitrogens with zero attached hydrogens (tertiary/aromatic N) is 5. The summed E-state index contributed by atoms with van der Waals surface area (Å²) >= 11 is 0. The quantitative estimate of drug-likeness (QED) is 0.782. The molecule has 2 aromatic heterocycles. The predicted octanol–water partition coefficient (Wildman–Crippen LogP) is 0.290. The van der Waals surface area contributed by atoms with Crippen molar-refractivity contribution in [2.24, 2.45) is 7.05 Å². The maximum Gasteiger partial charge on any atom is 0.220 e. The van der Waals surface area contributed by atoms with Crippen LogP contribution in [-0.4, -0.2) is 56.0 Å². The molecule has 134 valence electrons. The lowest BCUT2D eigenvalue weighted by molar-refractivity contribution is -0.122. The van der Waals surface area contributed by atoms with Gasteiger partial charge >= 0.3 is 0 Å². The number of anilines is 1. The number of piperidine rings is 1. The molecule has 8 nitrogen and oxygen atoms in total. The smallest absolute Gasteiger partial charge is 0.220 e. The Bertz CT molecular complexity index is 704. The third-order valence-corrected chi connectivity index (χ3v) is 4.57. The van der Waals surface area contributed by atoms with E-state index in [-0.39, 0.29) is 12.5 Å². The molecular weight excluding hydrogens is 320 g/mol. The van der Waals surface area contributed by atoms with Gasteiger partial charge in [-0.15, -0.1) is 0 Å². The van der Waals surface area contributed by atoms with Gasteiger partial charge in [-0.1, -0.05) is 0 Å². The highest BCUT2D eigenvalue weighted by Gasteiger charge is 2.34. The number of aliphatic hydroxyl groups is 1. The first kappa shape index (κ1) is 17.3. The van der Waals surface area contributed by atoms with Crippen LogP contribution in [0.1, 0.15) is 25.0 Å². The van der Waals surface area contributed by atoms with E-state index in [1.807, 2.05) is 18.0 Å². The summed E-state index contributed by atoms with van der Waals surface area (Å²) in [5.41, 5.74) is 0.0678. The van der Waals surface area contributed by atoms with E-state index in [1.165, 1.54) is 0 Å². The number of hydrogen-bond acceptors (Lipinski definition) is 6. The van der Waals surface area contributed by atoms with Crippen molar-refractivity contribution in [3.8, 4) is 0 Å². The van der Waals surface area contributed by atoms with Gasteiger partial charge in [0.25, 0.3) is 0 Å². The van der Waals surface area contributed by atoms with Crippen LogP contribution in [0.3, 0.4) is 0 Å². The van der Waals surface area contributed by atoms with E-state index in [0.29, 0.717) is 25.8 Å². The summed E-state index contributed by atoms with van der Waals surface area (Å²) in [6.45, 7) is 1.51. The summed E-state index contributed by atoms with van der Waals surface area (Å²) in [6.07, 6.45) is 9.20. The molecule has 1 fully saturated rings. The lowest BCUT2D eigenvalue weighted by Crippen LogP contribution is -2.54. The molecule has 25 heavy (non-hydrogen) atoms. The molecule has 2 N–H and O–H groups in total. The van der Waals surface area contributed by atoms with Crippen LogP contribution in [0.15, 0.2) is 30.9 Å². The van der Waals surface area contributed by atoms with Gasteiger partial charge < -0.3 is 15.3 Å². The maximum atomic E-state index is 12.1. The fraction of sp³-hybridized carbons (Fsp3) is 0.529. The van der Waals surface area contributed by atoms with Gasteiger partial charge in [-0.3, -0.25) is 14.5 Å². The van der Waals surface area contributed by atoms with Gasteiger partial charge in [0, 0.05) is 57.4 Å². The highest BCUT2D eigenvalue weighted by molar-refractivity contribution is 5.76. The molecule has 0 bridgehead atoms. The first-order chi connectivity index (χ1) is 12.1. The van der Waals surface area contributed by atoms with Crippen LogP contribution < -0.4 is 10.2 Å². The highest BCUT2D eigenvalue weighted by Crippen LogP contribution is 2.23. The standard InChI is InChI=1S/C17H24N6O2/c1-22-14(5-7-21-22)3-4-16(24)20-12-17(25)6-2-10-23(13-17)15-11-18-8-9-19-15/h5,7-9,11,25H,2-4,6,10,12-13H2,1H3,(H,20,24)/t17-/m0/s1. The number of hydrogen-bond donors (Lipinski definition) is 2. The Balaban J connectivity index is 1.49. The Morgan fingerprint density at radius 1 is 1.40 bits per heavy atom. The molecule has 1 aliphatic heterocycles. The minimum atomic E-state index is -0.946. The molecule has 3 rings (SSSR count). The topological polar surface area (TPSA) is 96.2 Å². The number of aryl methyl sites for hydroxylation is 2. The first-order valence-electron chi connectivity index (χ1n) is 8.53. The van der Waals surface area contributed by atoms with Gasteiger partial charge in [0.2, 0.25) is 5.91 Å². The van der Waals surface area contributed by atoms with Crippen molar-refractivity contribution in [1.82, 2.24) is 25.1 Å². The fourth-order valence-electron chi connectivity index (χ4n) is 3.15. The van der Waals surface area contributed by atoms with Crippen molar-refractivity contribution in [3.05, 3.63) is 36.5 Å². The number of aromatic nitrogens is 4. The SMILES string of the molecule is Cn1nccc1CCC(=O)NC[C@@]1(O)CCCN(c2cnccn2)C1. The zero-order valence-corrected chi connectivity index (χ0v) is 14.4. The summed E-state index contributed by atoms with van der Waals surface area (Å²) in [6, 6.07) is 1.90. The number of nitrogens with one attached hydrogen (secondary N) is 1. The van der Waals surface area contributed by atoms with Gasteiger partial charge in [0.05, 0.1) is 11.8 Å². The van der Waals surface area contributed by atoms with Crippen LogP contribution >= 0.6 is 0 Å². The molecule has 0 radical (unpaired) electrons. The minimum Gasteiger partial charge on any atom is -0.386 e. The van der Waals surface area contributed by atoms with Crippen molar-refractivity contribution in [2.75, 3.05) is 24.5 Å². The van der Waals surface area contributed by atoms with E-state index >= 15 is 0 Å². The molecule has 0 aromatic carbocycles. The van der Waals surface area contributed by atoms with E-state index in [4.69, 9.17) is 0 Å². The van der Waals surface area contributed by atoms with Crippen LogP contribution in [0.2, 0.25) is 0 Å². The number of carbonyl (C=O) groups excluding carboxylic acids is 1. The molecule has 1 atom stereocenters. The zero-order chi connectivity index (χ0) is 17.7. The summed E-state index contributed by atoms with van der Waals surface area (Å²) in [5.74, 6) is 0.689. The molecule has 1 amide bonds. The monoisotopic (exact) mass is 344 g/mol. The van der Waals surface area contributed by atoms with Crippen molar-refractivity contribution < 1.29 is 9.90 Å². The van der Waals surface area contributed by atoms with E-state index < -0.39 is 5.60 Å². The van der Waals surface area contributed by atoms with Gasteiger partial charge in [0.1, 0.15) is 5.82 Å². The third-order valence-electron chi connectivity index (χ3n) is 4.57. The number of carbonyl (C=O) groups is 1. The molecule has 2 aromatic rings. The van der Waals surface area contributed by atoms with E-state index in [9.17, 15) is 9.90 Å². The lowest BCUT2D eigenvalue weighted by Gasteiger charge is -2.39. The fourth-order valence-corrected chi connectivity index (χ4v) is 3.15. The molecular formula is C17H24N6O2. The van der Waals surface area contributed by atoms with Gasteiger partial charge in [0.15, 0.2) is 0 Å². The van der Waals surface area contributed by atoms with Crippen molar-refractivity contribution in [2.45, 2.75) is 31.3 Å². The second kappa shape index (κ2) is 7.60. The van der Waals surface area contributed by atoms with E-state index in [1.54, 1.807) is 29.5 Å². The van der Waals surface area contributed by atoms with Crippen LogP contribution in [-0.2, 0) is 18.3 Å². The number of rotatable bonds is 6. The largest absolute Gasteiger partial charge is 0.386 e. The van der Waals surface area contributed by atoms with E-state index in [0.717, 1.165) is 24.5 Å². The number of β-amino-alcohol motifs (C(OH)–C–C–N with tert-alkyl or cyclic N) is 1. The van der Waals surface area contributed by atoms with Crippen molar-refractivity contribution >= 4 is 11.7 Å². The van der Waals surface area contributed by atoms with Gasteiger partial charge in [-0.25, -0.2) is 4.98 Å². The molecule has 1 aliphatic rings. The number of amides is 1. The zero-order valence-electron chi connectivity index (χ0n) is 14.4. The molecule has 1 saturated heterocycles. The predicted molar refractivity (Wildman–Crippen MR) is 93.0 cm³/mol. The summed E-state index contributed by atoms with van der Waals surface area (Å²) in [4.78, 5) is 22.5. The highest BCUT2D eigenvalue weighted by atomic mass is 16.3. The van der Waals surface area contributed by atoms with Crippen molar-refractivity contribution in [1.29, 1.82) is 0 Å². The normalized spacial score (nSPS) is 20.5. The Morgan fingerprint density at radius 2 is 2.28 bits per heavy atom. The van der Waals surface area contributed by atoms with Gasteiger partial charge in [-0.05, 0) is 25.3 Å². The van der Waals surface area contributed by atoms with Crippen molar-refractivity contribution in [3.63, 3.8) is 0 Å². The second-order valence-corrected chi connectivity index (χ2v) is 6.54. The lowest BCUT2D eigenvalue weighted by atomic mass is 9.92. The minimum absolute atomic E-state index is 0.0637. The Labute approximate surface area is 146 Å². The summed E-state index contributed by atoms with van der Waals surface area (Å²) in [5, 5.41) is 17.8. The summed E-state index contributed by atoms with van der Waals surface area (Å²) in [7, 11) is 1.86. The van der Waals surface area contributed by atoms with Crippen LogP contribution in [0, 0.1) is 0 Å². The molecule has 8 heteroatoms. The van der Waals surface area contributed by atoms with Crippen LogP contribution in [0.4, 0.5) is 5.82 Å². The Kier molecular flexibility index (Phi) is 5.28. The molecule has 0 aliphatic carbocycles. The Morgan fingerprint density at radius 3 is 3.00 bits per heavy atom. The maximum absolute atomic E-state index is 12.1. The van der Waals surface area contributed by atoms with Gasteiger partial charge in [-0.2, -0.15) is 5.10 Å².